The first kappa shape index (κ1) is 49.6. The first-order chi connectivity index (χ1) is 43.7. The number of anilines is 6. The topological polar surface area (TPSA) is 58.0 Å². The maximum Gasteiger partial charge on any atom is 0.160 e. The Bertz CT molecular complexity index is 5060. The molecule has 2 aliphatic rings. The van der Waals surface area contributed by atoms with Crippen molar-refractivity contribution >= 4 is 88.5 Å². The minimum Gasteiger partial charge on any atom is -0.310 e. The fourth-order valence-electron chi connectivity index (χ4n) is 14.0. The zero-order chi connectivity index (χ0) is 57.8. The van der Waals surface area contributed by atoms with E-state index in [-0.39, 0.29) is 0 Å². The molecule has 6 heteroatoms. The Balaban J connectivity index is 0.792. The molecule has 6 nitrogen and oxygen atoms in total. The van der Waals surface area contributed by atoms with Gasteiger partial charge in [-0.25, -0.2) is 19.9 Å². The molecule has 0 radical (unpaired) electrons. The van der Waals surface area contributed by atoms with Gasteiger partial charge in [0.2, 0.25) is 0 Å². The first-order valence-electron chi connectivity index (χ1n) is 30.0. The van der Waals surface area contributed by atoms with Gasteiger partial charge in [0.25, 0.3) is 0 Å². The van der Waals surface area contributed by atoms with Crippen LogP contribution in [0.25, 0.3) is 144 Å². The second-order valence-electron chi connectivity index (χ2n) is 22.8. The second-order valence-corrected chi connectivity index (χ2v) is 22.8. The summed E-state index contributed by atoms with van der Waals surface area (Å²) in [4.78, 5) is 26.9. The smallest absolute Gasteiger partial charge is 0.160 e. The SMILES string of the molecule is c1ccc(-c2nc3nc4c(cc3cc2-c2ccc(-c3cc5cc6c(nc5nc3-c3ccccc3)-c3cccc5c(N(c7ccccc7)c7ccccc7)ccc-6c35)c3ccccc23)-c2ccc(N(c3ccccc3)c3ccccc3)c3cccc-4c23)cc1. The molecule has 0 spiro atoms. The summed E-state index contributed by atoms with van der Waals surface area (Å²) in [5.74, 6) is 0. The Morgan fingerprint density at radius 1 is 0.205 bits per heavy atom. The van der Waals surface area contributed by atoms with Gasteiger partial charge in [-0.15, -0.1) is 0 Å². The van der Waals surface area contributed by atoms with Crippen molar-refractivity contribution in [1.29, 1.82) is 0 Å². The summed E-state index contributed by atoms with van der Waals surface area (Å²) in [6.07, 6.45) is 0. The van der Waals surface area contributed by atoms with Crippen LogP contribution in [0, 0.1) is 0 Å². The molecule has 0 saturated carbocycles. The monoisotopic (exact) mass is 1120 g/mol. The highest BCUT2D eigenvalue weighted by Gasteiger charge is 2.30. The van der Waals surface area contributed by atoms with Crippen molar-refractivity contribution in [1.82, 2.24) is 19.9 Å². The Labute approximate surface area is 508 Å². The van der Waals surface area contributed by atoms with Crippen LogP contribution in [-0.4, -0.2) is 19.9 Å². The molecule has 4 heterocycles. The lowest BCUT2D eigenvalue weighted by Gasteiger charge is -2.27. The van der Waals surface area contributed by atoms with Gasteiger partial charge in [0.05, 0.1) is 34.2 Å². The standard InChI is InChI=1S/C82H50N6/c1-7-23-51(24-8-1)77-69(47-53-49-71-63-43-45-73(65-37-21-39-67(75(63)65)79(71)85-81(53)83-77)87(55-27-11-3-12-28-55)56-29-13-4-14-30-56)61-41-42-62(60-36-20-19-35-59(60)61)70-48-54-50-72-64-44-46-74(88(57-31-15-5-16-32-57)58-33-17-6-18-34-58)66-38-22-40-68(76(64)66)80(72)86-82(54)84-78(70)52-25-9-2-10-26-52/h1-50H. The molecule has 18 rings (SSSR count). The van der Waals surface area contributed by atoms with E-state index < -0.39 is 0 Å². The van der Waals surface area contributed by atoms with Gasteiger partial charge in [-0.05, 0) is 118 Å². The van der Waals surface area contributed by atoms with E-state index in [0.29, 0.717) is 11.3 Å². The van der Waals surface area contributed by atoms with Crippen LogP contribution in [0.5, 0.6) is 0 Å². The van der Waals surface area contributed by atoms with Crippen molar-refractivity contribution in [2.24, 2.45) is 0 Å². The number of rotatable bonds is 10. The average Bonchev–Trinajstić information content (AvgIpc) is 1.61. The fourth-order valence-corrected chi connectivity index (χ4v) is 14.0. The number of aromatic nitrogens is 4. The van der Waals surface area contributed by atoms with Gasteiger partial charge in [-0.1, -0.05) is 218 Å². The van der Waals surface area contributed by atoms with E-state index in [1.807, 2.05) is 0 Å². The van der Waals surface area contributed by atoms with Crippen LogP contribution in [-0.2, 0) is 0 Å². The Morgan fingerprint density at radius 2 is 0.500 bits per heavy atom. The molecule has 2 aliphatic carbocycles. The molecule has 88 heavy (non-hydrogen) atoms. The second kappa shape index (κ2) is 19.9. The lowest BCUT2D eigenvalue weighted by molar-refractivity contribution is 1.29. The van der Waals surface area contributed by atoms with Crippen LogP contribution in [0.4, 0.5) is 34.1 Å². The van der Waals surface area contributed by atoms with E-state index in [1.165, 1.54) is 32.7 Å². The first-order valence-corrected chi connectivity index (χ1v) is 30.0. The quantitative estimate of drug-likeness (QED) is 0.136. The van der Waals surface area contributed by atoms with E-state index >= 15 is 0 Å². The third kappa shape index (κ3) is 7.76. The van der Waals surface area contributed by atoms with Gasteiger partial charge >= 0.3 is 0 Å². The average molecular weight is 1120 g/mol. The third-order valence-electron chi connectivity index (χ3n) is 17.9. The largest absolute Gasteiger partial charge is 0.310 e. The van der Waals surface area contributed by atoms with Gasteiger partial charge in [0.15, 0.2) is 11.3 Å². The van der Waals surface area contributed by atoms with E-state index in [0.717, 1.165) is 134 Å². The number of fused-ring (bicyclic) bond motifs is 9. The summed E-state index contributed by atoms with van der Waals surface area (Å²) in [7, 11) is 0. The summed E-state index contributed by atoms with van der Waals surface area (Å²) >= 11 is 0. The molecule has 0 saturated heterocycles. The number of benzene rings is 12. The van der Waals surface area contributed by atoms with Gasteiger partial charge < -0.3 is 9.80 Å². The predicted molar refractivity (Wildman–Crippen MR) is 365 cm³/mol. The van der Waals surface area contributed by atoms with Crippen molar-refractivity contribution in [3.63, 3.8) is 0 Å². The lowest BCUT2D eigenvalue weighted by Crippen LogP contribution is -2.10. The highest BCUT2D eigenvalue weighted by molar-refractivity contribution is 6.21. The van der Waals surface area contributed by atoms with Crippen molar-refractivity contribution in [2.45, 2.75) is 0 Å². The zero-order valence-electron chi connectivity index (χ0n) is 47.6. The van der Waals surface area contributed by atoms with Gasteiger partial charge in [-0.3, -0.25) is 0 Å². The van der Waals surface area contributed by atoms with Crippen molar-refractivity contribution in [3.8, 4) is 89.5 Å². The maximum absolute atomic E-state index is 5.59. The van der Waals surface area contributed by atoms with Crippen LogP contribution in [0.2, 0.25) is 0 Å². The van der Waals surface area contributed by atoms with E-state index in [1.54, 1.807) is 0 Å². The Morgan fingerprint density at radius 3 is 0.864 bits per heavy atom. The van der Waals surface area contributed by atoms with E-state index in [9.17, 15) is 0 Å². The van der Waals surface area contributed by atoms with E-state index in [2.05, 4.69) is 313 Å². The normalized spacial score (nSPS) is 11.9. The van der Waals surface area contributed by atoms with E-state index in [4.69, 9.17) is 19.9 Å². The maximum atomic E-state index is 5.59. The summed E-state index contributed by atoms with van der Waals surface area (Å²) in [6.45, 7) is 0. The van der Waals surface area contributed by atoms with Crippen molar-refractivity contribution in [3.05, 3.63) is 303 Å². The van der Waals surface area contributed by atoms with Crippen LogP contribution in [0.3, 0.4) is 0 Å². The summed E-state index contributed by atoms with van der Waals surface area (Å²) in [5, 5.41) is 8.91. The van der Waals surface area contributed by atoms with Crippen LogP contribution in [0.15, 0.2) is 303 Å². The minimum atomic E-state index is 0.707. The molecule has 16 aromatic rings. The number of hydrogen-bond donors (Lipinski definition) is 0. The Kier molecular flexibility index (Phi) is 11.2. The van der Waals surface area contributed by atoms with Gasteiger partial charge in [0, 0.05) is 99.6 Å². The molecule has 0 unspecified atom stereocenters. The summed E-state index contributed by atoms with van der Waals surface area (Å²) in [6, 6.07) is 109. The Hall–Kier alpha value is -11.9. The summed E-state index contributed by atoms with van der Waals surface area (Å²) < 4.78 is 0. The van der Waals surface area contributed by atoms with Gasteiger partial charge in [-0.2, -0.15) is 0 Å². The number of nitrogens with zero attached hydrogens (tertiary/aromatic N) is 6. The molecule has 0 atom stereocenters. The molecule has 0 aliphatic heterocycles. The molecule has 408 valence electrons. The fraction of sp³-hybridized carbons (Fsp3) is 0. The molecule has 0 amide bonds. The number of para-hydroxylation sites is 4. The molecule has 12 aromatic carbocycles. The molecule has 0 bridgehead atoms. The number of hydrogen-bond acceptors (Lipinski definition) is 6. The highest BCUT2D eigenvalue weighted by atomic mass is 15.1. The molecule has 0 fully saturated rings. The molecule has 0 N–H and O–H groups in total. The van der Waals surface area contributed by atoms with Crippen molar-refractivity contribution in [2.75, 3.05) is 9.80 Å². The molecular formula is C82H50N6. The molecule has 4 aromatic heterocycles. The highest BCUT2D eigenvalue weighted by Crippen LogP contribution is 2.54. The predicted octanol–water partition coefficient (Wildman–Crippen LogP) is 21.9. The van der Waals surface area contributed by atoms with Crippen LogP contribution >= 0.6 is 0 Å². The molecular weight excluding hydrogens is 1070 g/mol. The number of pyridine rings is 4. The van der Waals surface area contributed by atoms with Crippen molar-refractivity contribution < 1.29 is 0 Å². The lowest BCUT2D eigenvalue weighted by atomic mass is 9.88. The third-order valence-corrected chi connectivity index (χ3v) is 17.9. The minimum absolute atomic E-state index is 0.707. The van der Waals surface area contributed by atoms with Crippen LogP contribution in [0.1, 0.15) is 0 Å². The summed E-state index contributed by atoms with van der Waals surface area (Å²) in [5.41, 5.74) is 24.8. The van der Waals surface area contributed by atoms with Gasteiger partial charge in [0.1, 0.15) is 0 Å². The van der Waals surface area contributed by atoms with Crippen LogP contribution < -0.4 is 9.80 Å². The zero-order valence-corrected chi connectivity index (χ0v) is 47.6.